The van der Waals surface area contributed by atoms with E-state index in [0.29, 0.717) is 6.54 Å². The number of aliphatic hydroxyl groups excluding tert-OH is 1. The van der Waals surface area contributed by atoms with Gasteiger partial charge in [-0.2, -0.15) is 5.10 Å². The molecular formula is C17H23N3O3. The Kier molecular flexibility index (Phi) is 4.20. The molecule has 1 N–H and O–H groups in total. The predicted molar refractivity (Wildman–Crippen MR) is 83.5 cm³/mol. The first-order chi connectivity index (χ1) is 11.3. The van der Waals surface area contributed by atoms with Crippen molar-refractivity contribution in [3.8, 4) is 0 Å². The van der Waals surface area contributed by atoms with Crippen molar-refractivity contribution < 1.29 is 14.3 Å². The standard InChI is InChI=1S/C17H23N3O3/c21-7-6-20-15-12-19(10-13(15)9-18-20)11-14-4-5-17(23-14)16-3-1-2-8-22-16/h4-5,9,16,21H,1-3,6-8,10-12H2. The van der Waals surface area contributed by atoms with Crippen LogP contribution >= 0.6 is 0 Å². The van der Waals surface area contributed by atoms with E-state index in [1.54, 1.807) is 0 Å². The van der Waals surface area contributed by atoms with Crippen molar-refractivity contribution >= 4 is 0 Å². The van der Waals surface area contributed by atoms with Gasteiger partial charge in [-0.3, -0.25) is 9.58 Å². The van der Waals surface area contributed by atoms with Crippen LogP contribution in [0.5, 0.6) is 0 Å². The molecule has 124 valence electrons. The summed E-state index contributed by atoms with van der Waals surface area (Å²) in [7, 11) is 0. The Balaban J connectivity index is 1.39. The summed E-state index contributed by atoms with van der Waals surface area (Å²) in [6.07, 6.45) is 5.46. The molecule has 4 rings (SSSR count). The fraction of sp³-hybridized carbons (Fsp3) is 0.588. The van der Waals surface area contributed by atoms with Gasteiger partial charge in [0.15, 0.2) is 0 Å². The van der Waals surface area contributed by atoms with Gasteiger partial charge < -0.3 is 14.3 Å². The minimum absolute atomic E-state index is 0.122. The summed E-state index contributed by atoms with van der Waals surface area (Å²) >= 11 is 0. The molecule has 23 heavy (non-hydrogen) atoms. The average molecular weight is 317 g/mol. The topological polar surface area (TPSA) is 63.7 Å². The van der Waals surface area contributed by atoms with Crippen LogP contribution in [0.25, 0.3) is 0 Å². The number of nitrogens with zero attached hydrogens (tertiary/aromatic N) is 3. The zero-order valence-corrected chi connectivity index (χ0v) is 13.3. The van der Waals surface area contributed by atoms with Gasteiger partial charge in [-0.1, -0.05) is 0 Å². The van der Waals surface area contributed by atoms with Crippen molar-refractivity contribution in [3.05, 3.63) is 41.1 Å². The zero-order chi connectivity index (χ0) is 15.6. The molecule has 0 aromatic carbocycles. The van der Waals surface area contributed by atoms with E-state index in [1.807, 2.05) is 10.9 Å². The minimum atomic E-state index is 0.122. The van der Waals surface area contributed by atoms with Crippen molar-refractivity contribution in [3.63, 3.8) is 0 Å². The summed E-state index contributed by atoms with van der Waals surface area (Å²) in [4.78, 5) is 2.34. The van der Waals surface area contributed by atoms with Gasteiger partial charge in [-0.15, -0.1) is 0 Å². The highest BCUT2D eigenvalue weighted by atomic mass is 16.5. The lowest BCUT2D eigenvalue weighted by Crippen LogP contribution is -2.18. The first-order valence-electron chi connectivity index (χ1n) is 8.40. The highest BCUT2D eigenvalue weighted by Crippen LogP contribution is 2.30. The maximum Gasteiger partial charge on any atom is 0.133 e. The van der Waals surface area contributed by atoms with E-state index in [-0.39, 0.29) is 12.7 Å². The molecule has 2 aliphatic rings. The molecule has 0 spiro atoms. The SMILES string of the molecule is OCCn1ncc2c1CN(Cc1ccc(C3CCCCO3)o1)C2. The highest BCUT2D eigenvalue weighted by molar-refractivity contribution is 5.22. The van der Waals surface area contributed by atoms with Gasteiger partial charge in [0.05, 0.1) is 31.6 Å². The molecule has 1 atom stereocenters. The average Bonchev–Trinajstić information content (AvgIpc) is 3.27. The Bertz CT molecular complexity index is 658. The van der Waals surface area contributed by atoms with Gasteiger partial charge in [0.2, 0.25) is 0 Å². The normalized spacial score (nSPS) is 21.7. The predicted octanol–water partition coefficient (Wildman–Crippen LogP) is 2.23. The largest absolute Gasteiger partial charge is 0.462 e. The first kappa shape index (κ1) is 14.9. The number of hydrogen-bond acceptors (Lipinski definition) is 5. The van der Waals surface area contributed by atoms with Crippen LogP contribution in [0.4, 0.5) is 0 Å². The number of ether oxygens (including phenoxy) is 1. The smallest absolute Gasteiger partial charge is 0.133 e. The number of hydrogen-bond donors (Lipinski definition) is 1. The lowest BCUT2D eigenvalue weighted by atomic mass is 10.1. The third kappa shape index (κ3) is 3.06. The van der Waals surface area contributed by atoms with Crippen molar-refractivity contribution in [1.82, 2.24) is 14.7 Å². The number of aliphatic hydroxyl groups is 1. The number of furan rings is 1. The number of rotatable bonds is 5. The Morgan fingerprint density at radius 2 is 2.22 bits per heavy atom. The summed E-state index contributed by atoms with van der Waals surface area (Å²) in [5, 5.41) is 13.4. The summed E-state index contributed by atoms with van der Waals surface area (Å²) in [5.74, 6) is 1.95. The van der Waals surface area contributed by atoms with E-state index in [1.165, 1.54) is 17.7 Å². The van der Waals surface area contributed by atoms with E-state index in [2.05, 4.69) is 22.1 Å². The molecule has 1 unspecified atom stereocenters. The maximum atomic E-state index is 9.10. The molecule has 0 radical (unpaired) electrons. The third-order valence-electron chi connectivity index (χ3n) is 4.67. The van der Waals surface area contributed by atoms with Crippen LogP contribution in [0, 0.1) is 0 Å². The van der Waals surface area contributed by atoms with Gasteiger partial charge in [0, 0.05) is 25.3 Å². The molecule has 2 aliphatic heterocycles. The maximum absolute atomic E-state index is 9.10. The molecule has 0 amide bonds. The van der Waals surface area contributed by atoms with Crippen molar-refractivity contribution in [2.75, 3.05) is 13.2 Å². The summed E-state index contributed by atoms with van der Waals surface area (Å²) in [6, 6.07) is 4.12. The quantitative estimate of drug-likeness (QED) is 0.916. The van der Waals surface area contributed by atoms with E-state index in [4.69, 9.17) is 14.3 Å². The molecule has 0 aliphatic carbocycles. The van der Waals surface area contributed by atoms with Crippen LogP contribution in [-0.2, 0) is 30.9 Å². The number of fused-ring (bicyclic) bond motifs is 1. The lowest BCUT2D eigenvalue weighted by Gasteiger charge is -2.20. The second kappa shape index (κ2) is 6.47. The molecule has 4 heterocycles. The van der Waals surface area contributed by atoms with Crippen LogP contribution in [0.1, 0.15) is 48.1 Å². The van der Waals surface area contributed by atoms with Crippen molar-refractivity contribution in [2.24, 2.45) is 0 Å². The fourth-order valence-electron chi connectivity index (χ4n) is 3.51. The van der Waals surface area contributed by atoms with Gasteiger partial charge in [-0.25, -0.2) is 0 Å². The molecule has 0 saturated carbocycles. The third-order valence-corrected chi connectivity index (χ3v) is 4.67. The van der Waals surface area contributed by atoms with Crippen LogP contribution in [0.3, 0.4) is 0 Å². The Morgan fingerprint density at radius 3 is 3.04 bits per heavy atom. The lowest BCUT2D eigenvalue weighted by molar-refractivity contribution is 0.000825. The van der Waals surface area contributed by atoms with Crippen LogP contribution < -0.4 is 0 Å². The molecule has 2 aromatic rings. The Morgan fingerprint density at radius 1 is 1.26 bits per heavy atom. The van der Waals surface area contributed by atoms with Gasteiger partial charge in [0.1, 0.15) is 17.6 Å². The van der Waals surface area contributed by atoms with E-state index < -0.39 is 0 Å². The zero-order valence-electron chi connectivity index (χ0n) is 13.3. The summed E-state index contributed by atoms with van der Waals surface area (Å²) < 4.78 is 13.7. The monoisotopic (exact) mass is 317 g/mol. The van der Waals surface area contributed by atoms with E-state index in [0.717, 1.165) is 50.6 Å². The molecule has 2 aromatic heterocycles. The second-order valence-corrected chi connectivity index (χ2v) is 6.37. The van der Waals surface area contributed by atoms with Crippen LogP contribution in [0.2, 0.25) is 0 Å². The fourth-order valence-corrected chi connectivity index (χ4v) is 3.51. The van der Waals surface area contributed by atoms with Gasteiger partial charge in [-0.05, 0) is 31.4 Å². The molecule has 1 fully saturated rings. The van der Waals surface area contributed by atoms with Gasteiger partial charge in [0.25, 0.3) is 0 Å². The summed E-state index contributed by atoms with van der Waals surface area (Å²) in [5.41, 5.74) is 2.46. The van der Waals surface area contributed by atoms with Crippen LogP contribution in [-0.4, -0.2) is 33.0 Å². The van der Waals surface area contributed by atoms with E-state index in [9.17, 15) is 0 Å². The van der Waals surface area contributed by atoms with E-state index >= 15 is 0 Å². The summed E-state index contributed by atoms with van der Waals surface area (Å²) in [6.45, 7) is 4.05. The van der Waals surface area contributed by atoms with Crippen molar-refractivity contribution in [2.45, 2.75) is 51.5 Å². The minimum Gasteiger partial charge on any atom is -0.462 e. The Hall–Kier alpha value is -1.63. The highest BCUT2D eigenvalue weighted by Gasteiger charge is 2.25. The molecule has 1 saturated heterocycles. The first-order valence-corrected chi connectivity index (χ1v) is 8.40. The molecule has 6 nitrogen and oxygen atoms in total. The Labute approximate surface area is 135 Å². The number of aromatic nitrogens is 2. The molecule has 6 heteroatoms. The second-order valence-electron chi connectivity index (χ2n) is 6.37. The van der Waals surface area contributed by atoms with Gasteiger partial charge >= 0.3 is 0 Å². The molecular weight excluding hydrogens is 294 g/mol. The molecule has 0 bridgehead atoms. The van der Waals surface area contributed by atoms with Crippen molar-refractivity contribution in [1.29, 1.82) is 0 Å². The van der Waals surface area contributed by atoms with Crippen LogP contribution in [0.15, 0.2) is 22.7 Å².